The summed E-state index contributed by atoms with van der Waals surface area (Å²) in [6.07, 6.45) is 3.18. The molecule has 1 aliphatic heterocycles. The van der Waals surface area contributed by atoms with Gasteiger partial charge in [0.05, 0.1) is 10.5 Å². The van der Waals surface area contributed by atoms with Crippen molar-refractivity contribution in [2.75, 3.05) is 6.61 Å². The maximum absolute atomic E-state index is 11.0. The predicted molar refractivity (Wildman–Crippen MR) is 106 cm³/mol. The molecule has 1 unspecified atom stereocenters. The second kappa shape index (κ2) is 8.17. The first kappa shape index (κ1) is 19.5. The lowest BCUT2D eigenvalue weighted by molar-refractivity contribution is 0.176. The number of aromatic nitrogens is 1. The number of benzene rings is 1. The second-order valence-electron chi connectivity index (χ2n) is 7.09. The van der Waals surface area contributed by atoms with E-state index in [2.05, 4.69) is 26.2 Å². The largest absolute Gasteiger partial charge is 0.490 e. The maximum atomic E-state index is 11.0. The van der Waals surface area contributed by atoms with Crippen LogP contribution in [-0.2, 0) is 0 Å². The Morgan fingerprint density at radius 2 is 2.19 bits per heavy atom. The number of nitrogens with zero attached hydrogens (tertiary/aromatic N) is 1. The van der Waals surface area contributed by atoms with E-state index in [1.165, 1.54) is 0 Å². The summed E-state index contributed by atoms with van der Waals surface area (Å²) in [6, 6.07) is 5.49. The summed E-state index contributed by atoms with van der Waals surface area (Å²) in [4.78, 5) is 15.2. The van der Waals surface area contributed by atoms with Gasteiger partial charge in [0.25, 0.3) is 0 Å². The molecule has 0 saturated carbocycles. The molecule has 0 radical (unpaired) electrons. The average Bonchev–Trinajstić information content (AvgIpc) is 2.60. The smallest absolute Gasteiger partial charge is 0.404 e. The van der Waals surface area contributed by atoms with Crippen LogP contribution in [0, 0.1) is 5.92 Å². The summed E-state index contributed by atoms with van der Waals surface area (Å²) in [6.45, 7) is 6.34. The fourth-order valence-electron chi connectivity index (χ4n) is 3.29. The highest BCUT2D eigenvalue weighted by Gasteiger charge is 2.25. The Bertz CT molecular complexity index is 841. The first-order valence-electron chi connectivity index (χ1n) is 8.92. The molecule has 3 rings (SSSR count). The molecule has 2 N–H and O–H groups in total. The topological polar surface area (TPSA) is 80.7 Å². The highest BCUT2D eigenvalue weighted by atomic mass is 79.9. The number of halogens is 1. The fraction of sp³-hybridized carbons (Fsp3) is 0.400. The lowest BCUT2D eigenvalue weighted by atomic mass is 9.95. The van der Waals surface area contributed by atoms with Crippen LogP contribution in [0.25, 0.3) is 11.1 Å². The molecule has 1 aromatic heterocycles. The molecular formula is C20H23BrN2O4. The van der Waals surface area contributed by atoms with Crippen molar-refractivity contribution in [1.29, 1.82) is 0 Å². The minimum absolute atomic E-state index is 0.0770. The van der Waals surface area contributed by atoms with Crippen molar-refractivity contribution in [3.8, 4) is 22.6 Å². The second-order valence-corrected chi connectivity index (χ2v) is 7.94. The number of amides is 1. The highest BCUT2D eigenvalue weighted by molar-refractivity contribution is 9.10. The van der Waals surface area contributed by atoms with Crippen LogP contribution in [-0.4, -0.2) is 28.8 Å². The SMILES string of the molecule is CC(C)C[C@@H](COc1cc2c(cc1Br)-c1cnccc1C(C)O2)NC(=O)O. The lowest BCUT2D eigenvalue weighted by Crippen LogP contribution is -2.39. The summed E-state index contributed by atoms with van der Waals surface area (Å²) in [5, 5.41) is 11.5. The Labute approximate surface area is 167 Å². The Morgan fingerprint density at radius 3 is 2.89 bits per heavy atom. The molecule has 1 aliphatic rings. The Kier molecular flexibility index (Phi) is 5.89. The van der Waals surface area contributed by atoms with Gasteiger partial charge in [0.2, 0.25) is 0 Å². The number of ether oxygens (including phenoxy) is 2. The predicted octanol–water partition coefficient (Wildman–Crippen LogP) is 5.03. The zero-order chi connectivity index (χ0) is 19.6. The summed E-state index contributed by atoms with van der Waals surface area (Å²) in [5.41, 5.74) is 3.10. The van der Waals surface area contributed by atoms with Crippen LogP contribution < -0.4 is 14.8 Å². The lowest BCUT2D eigenvalue weighted by Gasteiger charge is -2.27. The Morgan fingerprint density at radius 1 is 1.41 bits per heavy atom. The molecule has 6 nitrogen and oxygen atoms in total. The maximum Gasteiger partial charge on any atom is 0.404 e. The first-order valence-corrected chi connectivity index (χ1v) is 9.71. The molecule has 2 aromatic rings. The van der Waals surface area contributed by atoms with Crippen LogP contribution >= 0.6 is 15.9 Å². The molecule has 0 aliphatic carbocycles. The third-order valence-electron chi connectivity index (χ3n) is 4.44. The van der Waals surface area contributed by atoms with Crippen molar-refractivity contribution in [1.82, 2.24) is 10.3 Å². The van der Waals surface area contributed by atoms with E-state index in [4.69, 9.17) is 14.6 Å². The molecule has 7 heteroatoms. The third kappa shape index (κ3) is 4.53. The van der Waals surface area contributed by atoms with Gasteiger partial charge < -0.3 is 19.9 Å². The average molecular weight is 435 g/mol. The van der Waals surface area contributed by atoms with Crippen LogP contribution in [0.1, 0.15) is 38.9 Å². The van der Waals surface area contributed by atoms with Crippen LogP contribution in [0.15, 0.2) is 35.1 Å². The van der Waals surface area contributed by atoms with Gasteiger partial charge >= 0.3 is 6.09 Å². The van der Waals surface area contributed by atoms with E-state index >= 15 is 0 Å². The number of hydrogen-bond donors (Lipinski definition) is 2. The van der Waals surface area contributed by atoms with Gasteiger partial charge in [-0.1, -0.05) is 13.8 Å². The van der Waals surface area contributed by atoms with Gasteiger partial charge in [0.15, 0.2) is 0 Å². The Hall–Kier alpha value is -2.28. The normalized spacial score (nSPS) is 16.1. The molecule has 0 spiro atoms. The van der Waals surface area contributed by atoms with Crippen molar-refractivity contribution in [2.24, 2.45) is 5.92 Å². The van der Waals surface area contributed by atoms with Crippen LogP contribution in [0.2, 0.25) is 0 Å². The monoisotopic (exact) mass is 434 g/mol. The van der Waals surface area contributed by atoms with Gasteiger partial charge in [-0.25, -0.2) is 4.79 Å². The molecular weight excluding hydrogens is 412 g/mol. The number of carbonyl (C=O) groups is 1. The number of pyridine rings is 1. The summed E-state index contributed by atoms with van der Waals surface area (Å²) in [5.74, 6) is 1.70. The van der Waals surface area contributed by atoms with Gasteiger partial charge in [0.1, 0.15) is 24.2 Å². The van der Waals surface area contributed by atoms with E-state index < -0.39 is 6.09 Å². The van der Waals surface area contributed by atoms with Crippen molar-refractivity contribution < 1.29 is 19.4 Å². The number of nitrogens with one attached hydrogen (secondary N) is 1. The van der Waals surface area contributed by atoms with E-state index in [1.807, 2.05) is 45.2 Å². The fourth-order valence-corrected chi connectivity index (χ4v) is 3.75. The Balaban J connectivity index is 1.83. The summed E-state index contributed by atoms with van der Waals surface area (Å²) >= 11 is 3.56. The third-order valence-corrected chi connectivity index (χ3v) is 5.06. The molecule has 0 fully saturated rings. The highest BCUT2D eigenvalue weighted by Crippen LogP contribution is 2.45. The van der Waals surface area contributed by atoms with E-state index in [1.54, 1.807) is 6.20 Å². The van der Waals surface area contributed by atoms with Gasteiger partial charge in [0, 0.05) is 35.2 Å². The van der Waals surface area contributed by atoms with Crippen LogP contribution in [0.3, 0.4) is 0 Å². The summed E-state index contributed by atoms with van der Waals surface area (Å²) in [7, 11) is 0. The quantitative estimate of drug-likeness (QED) is 0.666. The zero-order valence-corrected chi connectivity index (χ0v) is 17.1. The molecule has 1 aromatic carbocycles. The summed E-state index contributed by atoms with van der Waals surface area (Å²) < 4.78 is 12.8. The molecule has 0 saturated heterocycles. The zero-order valence-electron chi connectivity index (χ0n) is 15.5. The molecule has 0 bridgehead atoms. The van der Waals surface area contributed by atoms with E-state index in [0.717, 1.165) is 26.9 Å². The molecule has 2 atom stereocenters. The number of rotatable bonds is 6. The number of carboxylic acid groups (broad SMARTS) is 1. The van der Waals surface area contributed by atoms with Crippen molar-refractivity contribution in [3.63, 3.8) is 0 Å². The van der Waals surface area contributed by atoms with Crippen molar-refractivity contribution in [2.45, 2.75) is 39.3 Å². The molecule has 144 valence electrons. The van der Waals surface area contributed by atoms with E-state index in [9.17, 15) is 4.79 Å². The van der Waals surface area contributed by atoms with Crippen LogP contribution in [0.5, 0.6) is 11.5 Å². The molecule has 27 heavy (non-hydrogen) atoms. The van der Waals surface area contributed by atoms with Crippen LogP contribution in [0.4, 0.5) is 4.79 Å². The van der Waals surface area contributed by atoms with Gasteiger partial charge in [-0.15, -0.1) is 0 Å². The molecule has 1 amide bonds. The minimum atomic E-state index is -1.05. The standard InChI is InChI=1S/C20H23BrN2O4/c1-11(2)6-13(23-20(24)25)10-26-19-8-18-15(7-17(19)21)16-9-22-5-4-14(16)12(3)27-18/h4-5,7-9,11-13,23H,6,10H2,1-3H3,(H,24,25)/t12?,13-/m0/s1. The van der Waals surface area contributed by atoms with Crippen molar-refractivity contribution >= 4 is 22.0 Å². The minimum Gasteiger partial charge on any atom is -0.490 e. The van der Waals surface area contributed by atoms with Gasteiger partial charge in [-0.05, 0) is 47.3 Å². The number of hydrogen-bond acceptors (Lipinski definition) is 4. The number of fused-ring (bicyclic) bond motifs is 3. The van der Waals surface area contributed by atoms with E-state index in [-0.39, 0.29) is 18.8 Å². The van der Waals surface area contributed by atoms with Crippen molar-refractivity contribution in [3.05, 3.63) is 40.6 Å². The van der Waals surface area contributed by atoms with Gasteiger partial charge in [-0.3, -0.25) is 4.98 Å². The van der Waals surface area contributed by atoms with E-state index in [0.29, 0.717) is 18.1 Å². The molecule has 2 heterocycles. The first-order chi connectivity index (χ1) is 12.8. The van der Waals surface area contributed by atoms with Gasteiger partial charge in [-0.2, -0.15) is 0 Å².